The molecule has 1 aromatic rings. The monoisotopic (exact) mass is 218 g/mol. The zero-order valence-corrected chi connectivity index (χ0v) is 10.7. The Balaban J connectivity index is 2.21. The minimum atomic E-state index is 0.417. The molecule has 88 valence electrons. The lowest BCUT2D eigenvalue weighted by Gasteiger charge is -2.48. The van der Waals surface area contributed by atoms with Crippen LogP contribution in [0.1, 0.15) is 32.4 Å². The van der Waals surface area contributed by atoms with Crippen molar-refractivity contribution >= 4 is 5.69 Å². The summed E-state index contributed by atoms with van der Waals surface area (Å²) in [5.74, 6) is 0. The molecule has 1 saturated heterocycles. The SMILES string of the molecule is CNC(C)c1ccccc1N1CC(C)(C)C1. The molecule has 0 radical (unpaired) electrons. The van der Waals surface area contributed by atoms with E-state index < -0.39 is 0 Å². The van der Waals surface area contributed by atoms with Crippen LogP contribution >= 0.6 is 0 Å². The van der Waals surface area contributed by atoms with E-state index in [0.717, 1.165) is 0 Å². The maximum Gasteiger partial charge on any atom is 0.0414 e. The van der Waals surface area contributed by atoms with Crippen molar-refractivity contribution in [3.05, 3.63) is 29.8 Å². The Hall–Kier alpha value is -1.02. The molecule has 0 spiro atoms. The Labute approximate surface area is 98.7 Å². The molecule has 1 atom stereocenters. The zero-order valence-electron chi connectivity index (χ0n) is 10.7. The number of nitrogens with one attached hydrogen (secondary N) is 1. The van der Waals surface area contributed by atoms with E-state index in [1.54, 1.807) is 0 Å². The lowest BCUT2D eigenvalue weighted by Crippen LogP contribution is -2.53. The van der Waals surface area contributed by atoms with E-state index in [2.05, 4.69) is 55.3 Å². The number of hydrogen-bond donors (Lipinski definition) is 1. The number of benzene rings is 1. The molecular formula is C14H22N2. The first-order chi connectivity index (χ1) is 7.53. The van der Waals surface area contributed by atoms with Gasteiger partial charge in [0.05, 0.1) is 0 Å². The van der Waals surface area contributed by atoms with Crippen LogP contribution in [0.3, 0.4) is 0 Å². The van der Waals surface area contributed by atoms with Gasteiger partial charge >= 0.3 is 0 Å². The molecule has 1 fully saturated rings. The number of nitrogens with zero attached hydrogens (tertiary/aromatic N) is 1. The minimum Gasteiger partial charge on any atom is -0.370 e. The molecule has 1 heterocycles. The second-order valence-electron chi connectivity index (χ2n) is 5.59. The van der Waals surface area contributed by atoms with Crippen LogP contribution in [0.25, 0.3) is 0 Å². The standard InChI is InChI=1S/C14H22N2/c1-11(15-4)12-7-5-6-8-13(12)16-9-14(2,3)10-16/h5-8,11,15H,9-10H2,1-4H3. The van der Waals surface area contributed by atoms with Crippen LogP contribution in [0.5, 0.6) is 0 Å². The normalized spacial score (nSPS) is 20.4. The van der Waals surface area contributed by atoms with Crippen LogP contribution in [-0.4, -0.2) is 20.1 Å². The fourth-order valence-electron chi connectivity index (χ4n) is 2.45. The van der Waals surface area contributed by atoms with Gasteiger partial charge in [0.15, 0.2) is 0 Å². The van der Waals surface area contributed by atoms with Crippen molar-refractivity contribution in [3.63, 3.8) is 0 Å². The van der Waals surface area contributed by atoms with Crippen molar-refractivity contribution in [2.45, 2.75) is 26.8 Å². The van der Waals surface area contributed by atoms with Crippen LogP contribution in [0.15, 0.2) is 24.3 Å². The molecule has 2 nitrogen and oxygen atoms in total. The lowest BCUT2D eigenvalue weighted by molar-refractivity contribution is 0.275. The fourth-order valence-corrected chi connectivity index (χ4v) is 2.45. The smallest absolute Gasteiger partial charge is 0.0414 e. The third kappa shape index (κ3) is 2.07. The molecule has 0 aliphatic carbocycles. The summed E-state index contributed by atoms with van der Waals surface area (Å²) in [6.45, 7) is 9.20. The lowest BCUT2D eigenvalue weighted by atomic mass is 9.83. The molecule has 1 aromatic carbocycles. The Morgan fingerprint density at radius 1 is 1.25 bits per heavy atom. The fraction of sp³-hybridized carbons (Fsp3) is 0.571. The molecule has 1 aliphatic rings. The van der Waals surface area contributed by atoms with Crippen molar-refractivity contribution in [1.29, 1.82) is 0 Å². The van der Waals surface area contributed by atoms with E-state index in [0.29, 0.717) is 11.5 Å². The highest BCUT2D eigenvalue weighted by atomic mass is 15.2. The predicted octanol–water partition coefficient (Wildman–Crippen LogP) is 2.81. The van der Waals surface area contributed by atoms with Crippen LogP contribution in [0.2, 0.25) is 0 Å². The summed E-state index contributed by atoms with van der Waals surface area (Å²) in [6.07, 6.45) is 0. The number of rotatable bonds is 3. The third-order valence-corrected chi connectivity index (χ3v) is 3.41. The van der Waals surface area contributed by atoms with Gasteiger partial charge in [-0.25, -0.2) is 0 Å². The average molecular weight is 218 g/mol. The first-order valence-corrected chi connectivity index (χ1v) is 6.05. The van der Waals surface area contributed by atoms with Gasteiger partial charge in [0.25, 0.3) is 0 Å². The minimum absolute atomic E-state index is 0.417. The zero-order chi connectivity index (χ0) is 11.8. The van der Waals surface area contributed by atoms with Gasteiger partial charge in [-0.3, -0.25) is 0 Å². The Morgan fingerprint density at radius 3 is 2.44 bits per heavy atom. The van der Waals surface area contributed by atoms with Crippen molar-refractivity contribution in [1.82, 2.24) is 5.32 Å². The summed E-state index contributed by atoms with van der Waals surface area (Å²) in [5.41, 5.74) is 3.28. The van der Waals surface area contributed by atoms with E-state index in [4.69, 9.17) is 0 Å². The largest absolute Gasteiger partial charge is 0.370 e. The topological polar surface area (TPSA) is 15.3 Å². The van der Waals surface area contributed by atoms with Gasteiger partial charge < -0.3 is 10.2 Å². The Kier molecular flexibility index (Phi) is 2.94. The maximum atomic E-state index is 3.32. The van der Waals surface area contributed by atoms with Gasteiger partial charge in [0, 0.05) is 24.8 Å². The summed E-state index contributed by atoms with van der Waals surface area (Å²) in [5, 5.41) is 3.32. The Morgan fingerprint density at radius 2 is 1.88 bits per heavy atom. The third-order valence-electron chi connectivity index (χ3n) is 3.41. The van der Waals surface area contributed by atoms with Gasteiger partial charge in [-0.1, -0.05) is 32.0 Å². The van der Waals surface area contributed by atoms with Crippen LogP contribution in [0.4, 0.5) is 5.69 Å². The highest BCUT2D eigenvalue weighted by Crippen LogP contribution is 2.36. The second-order valence-corrected chi connectivity index (χ2v) is 5.59. The van der Waals surface area contributed by atoms with E-state index in [1.807, 2.05) is 7.05 Å². The molecule has 2 rings (SSSR count). The van der Waals surface area contributed by atoms with E-state index >= 15 is 0 Å². The van der Waals surface area contributed by atoms with E-state index in [1.165, 1.54) is 24.3 Å². The van der Waals surface area contributed by atoms with Gasteiger partial charge in [-0.15, -0.1) is 0 Å². The average Bonchev–Trinajstić information content (AvgIpc) is 2.24. The summed E-state index contributed by atoms with van der Waals surface area (Å²) >= 11 is 0. The maximum absolute atomic E-state index is 3.32. The molecular weight excluding hydrogens is 196 g/mol. The molecule has 0 saturated carbocycles. The van der Waals surface area contributed by atoms with Crippen LogP contribution in [0, 0.1) is 5.41 Å². The van der Waals surface area contributed by atoms with Crippen molar-refractivity contribution in [2.75, 3.05) is 25.0 Å². The molecule has 0 amide bonds. The molecule has 1 unspecified atom stereocenters. The summed E-state index contributed by atoms with van der Waals surface area (Å²) < 4.78 is 0. The highest BCUT2D eigenvalue weighted by Gasteiger charge is 2.35. The molecule has 0 bridgehead atoms. The first kappa shape index (κ1) is 11.5. The van der Waals surface area contributed by atoms with Crippen LogP contribution < -0.4 is 10.2 Å². The Bertz CT molecular complexity index is 363. The van der Waals surface area contributed by atoms with Crippen molar-refractivity contribution in [3.8, 4) is 0 Å². The molecule has 1 N–H and O–H groups in total. The van der Waals surface area contributed by atoms with E-state index in [-0.39, 0.29) is 0 Å². The van der Waals surface area contributed by atoms with Gasteiger partial charge in [0.2, 0.25) is 0 Å². The van der Waals surface area contributed by atoms with E-state index in [9.17, 15) is 0 Å². The first-order valence-electron chi connectivity index (χ1n) is 6.05. The van der Waals surface area contributed by atoms with Gasteiger partial charge in [0.1, 0.15) is 0 Å². The summed E-state index contributed by atoms with van der Waals surface area (Å²) in [4.78, 5) is 2.48. The molecule has 0 aromatic heterocycles. The number of para-hydroxylation sites is 1. The number of hydrogen-bond acceptors (Lipinski definition) is 2. The van der Waals surface area contributed by atoms with Gasteiger partial charge in [-0.05, 0) is 31.0 Å². The van der Waals surface area contributed by atoms with Crippen molar-refractivity contribution < 1.29 is 0 Å². The second kappa shape index (κ2) is 4.10. The highest BCUT2D eigenvalue weighted by molar-refractivity contribution is 5.57. The molecule has 1 aliphatic heterocycles. The summed E-state index contributed by atoms with van der Waals surface area (Å²) in [6, 6.07) is 9.13. The predicted molar refractivity (Wildman–Crippen MR) is 69.9 cm³/mol. The molecule has 16 heavy (non-hydrogen) atoms. The summed E-state index contributed by atoms with van der Waals surface area (Å²) in [7, 11) is 2.02. The quantitative estimate of drug-likeness (QED) is 0.839. The van der Waals surface area contributed by atoms with Crippen LogP contribution in [-0.2, 0) is 0 Å². The van der Waals surface area contributed by atoms with Gasteiger partial charge in [-0.2, -0.15) is 0 Å². The molecule has 2 heteroatoms. The number of anilines is 1. The van der Waals surface area contributed by atoms with Crippen molar-refractivity contribution in [2.24, 2.45) is 5.41 Å².